The number of amides is 2. The number of imide groups is 1. The van der Waals surface area contributed by atoms with E-state index in [1.165, 1.54) is 16.7 Å². The van der Waals surface area contributed by atoms with Crippen LogP contribution in [0.1, 0.15) is 30.5 Å². The van der Waals surface area contributed by atoms with E-state index in [9.17, 15) is 9.59 Å². The first-order chi connectivity index (χ1) is 12.7. The highest BCUT2D eigenvalue weighted by molar-refractivity contribution is 8.04. The summed E-state index contributed by atoms with van der Waals surface area (Å²) in [5.74, 6) is -0.675. The molecule has 0 fully saturated rings. The standard InChI is InChI=1S/C21H19Cl2NO2S/c1-11(2)27-19-18(15-7-6-14(22)10-16(15)23)20(25)24(21(19)26)17-8-5-12(3)9-13(17)4/h5-11H,1-4H3. The Morgan fingerprint density at radius 2 is 1.67 bits per heavy atom. The lowest BCUT2D eigenvalue weighted by Crippen LogP contribution is -2.32. The summed E-state index contributed by atoms with van der Waals surface area (Å²) in [6.07, 6.45) is 0. The third-order valence-corrected chi connectivity index (χ3v) is 5.82. The Labute approximate surface area is 173 Å². The molecule has 0 saturated heterocycles. The second-order valence-corrected chi connectivity index (χ2v) is 9.16. The molecule has 1 aliphatic heterocycles. The van der Waals surface area contributed by atoms with Crippen LogP contribution in [0, 0.1) is 13.8 Å². The molecule has 0 aliphatic carbocycles. The number of thioether (sulfide) groups is 1. The maximum Gasteiger partial charge on any atom is 0.272 e. The van der Waals surface area contributed by atoms with Crippen LogP contribution in [-0.4, -0.2) is 17.1 Å². The minimum Gasteiger partial charge on any atom is -0.268 e. The van der Waals surface area contributed by atoms with Crippen LogP contribution in [0.3, 0.4) is 0 Å². The van der Waals surface area contributed by atoms with Crippen molar-refractivity contribution < 1.29 is 9.59 Å². The summed E-state index contributed by atoms with van der Waals surface area (Å²) < 4.78 is 0. The summed E-state index contributed by atoms with van der Waals surface area (Å²) in [6, 6.07) is 10.6. The van der Waals surface area contributed by atoms with Crippen LogP contribution in [0.2, 0.25) is 10.0 Å². The van der Waals surface area contributed by atoms with E-state index < -0.39 is 0 Å². The maximum absolute atomic E-state index is 13.3. The van der Waals surface area contributed by atoms with Gasteiger partial charge in [-0.1, -0.05) is 60.8 Å². The van der Waals surface area contributed by atoms with Crippen molar-refractivity contribution in [2.45, 2.75) is 32.9 Å². The van der Waals surface area contributed by atoms with Crippen LogP contribution in [0.5, 0.6) is 0 Å². The monoisotopic (exact) mass is 419 g/mol. The number of anilines is 1. The Balaban J connectivity index is 2.17. The van der Waals surface area contributed by atoms with Crippen molar-refractivity contribution in [1.82, 2.24) is 0 Å². The Hall–Kier alpha value is -1.75. The van der Waals surface area contributed by atoms with E-state index in [1.807, 2.05) is 45.9 Å². The third-order valence-electron chi connectivity index (χ3n) is 4.19. The van der Waals surface area contributed by atoms with Crippen LogP contribution in [0.15, 0.2) is 41.3 Å². The summed E-state index contributed by atoms with van der Waals surface area (Å²) in [4.78, 5) is 28.2. The third kappa shape index (κ3) is 3.79. The van der Waals surface area contributed by atoms with E-state index in [0.29, 0.717) is 31.8 Å². The van der Waals surface area contributed by atoms with Crippen molar-refractivity contribution in [3.8, 4) is 0 Å². The van der Waals surface area contributed by atoms with Gasteiger partial charge in [-0.05, 0) is 37.6 Å². The smallest absolute Gasteiger partial charge is 0.268 e. The fraction of sp³-hybridized carbons (Fsp3) is 0.238. The van der Waals surface area contributed by atoms with Gasteiger partial charge in [0.1, 0.15) is 0 Å². The molecule has 1 aliphatic rings. The lowest BCUT2D eigenvalue weighted by Gasteiger charge is -2.18. The number of nitrogens with zero attached hydrogens (tertiary/aromatic N) is 1. The number of hydrogen-bond donors (Lipinski definition) is 0. The van der Waals surface area contributed by atoms with Gasteiger partial charge in [-0.2, -0.15) is 0 Å². The van der Waals surface area contributed by atoms with Crippen molar-refractivity contribution in [2.24, 2.45) is 0 Å². The fourth-order valence-electron chi connectivity index (χ4n) is 3.06. The summed E-state index contributed by atoms with van der Waals surface area (Å²) in [5, 5.41) is 0.963. The van der Waals surface area contributed by atoms with Gasteiger partial charge in [-0.3, -0.25) is 9.59 Å². The van der Waals surface area contributed by atoms with E-state index in [-0.39, 0.29) is 17.1 Å². The van der Waals surface area contributed by atoms with Crippen molar-refractivity contribution in [2.75, 3.05) is 4.90 Å². The highest BCUT2D eigenvalue weighted by atomic mass is 35.5. The molecule has 0 aromatic heterocycles. The second kappa shape index (κ2) is 7.70. The minimum absolute atomic E-state index is 0.136. The van der Waals surface area contributed by atoms with Crippen LogP contribution in [-0.2, 0) is 9.59 Å². The molecule has 27 heavy (non-hydrogen) atoms. The molecule has 0 bridgehead atoms. The Morgan fingerprint density at radius 3 is 2.26 bits per heavy atom. The normalized spacial score (nSPS) is 14.7. The average molecular weight is 420 g/mol. The van der Waals surface area contributed by atoms with Crippen LogP contribution in [0.4, 0.5) is 5.69 Å². The molecule has 3 rings (SSSR count). The van der Waals surface area contributed by atoms with Gasteiger partial charge < -0.3 is 0 Å². The lowest BCUT2D eigenvalue weighted by molar-refractivity contribution is -0.119. The fourth-order valence-corrected chi connectivity index (χ4v) is 4.54. The van der Waals surface area contributed by atoms with Gasteiger partial charge in [0, 0.05) is 15.8 Å². The molecule has 6 heteroatoms. The molecule has 0 unspecified atom stereocenters. The number of carbonyl (C=O) groups excluding carboxylic acids is 2. The minimum atomic E-state index is -0.362. The molecular weight excluding hydrogens is 401 g/mol. The number of hydrogen-bond acceptors (Lipinski definition) is 3. The highest BCUT2D eigenvalue weighted by Gasteiger charge is 2.41. The molecule has 1 heterocycles. The Morgan fingerprint density at radius 1 is 0.963 bits per heavy atom. The number of aryl methyl sites for hydroxylation is 2. The highest BCUT2D eigenvalue weighted by Crippen LogP contribution is 2.42. The molecule has 0 atom stereocenters. The Bertz CT molecular complexity index is 982. The van der Waals surface area contributed by atoms with Crippen molar-refractivity contribution in [1.29, 1.82) is 0 Å². The van der Waals surface area contributed by atoms with E-state index >= 15 is 0 Å². The molecule has 2 amide bonds. The SMILES string of the molecule is Cc1ccc(N2C(=O)C(SC(C)C)=C(c3ccc(Cl)cc3Cl)C2=O)c(C)c1. The molecule has 0 radical (unpaired) electrons. The average Bonchev–Trinajstić information content (AvgIpc) is 2.79. The van der Waals surface area contributed by atoms with Gasteiger partial charge in [0.2, 0.25) is 0 Å². The molecule has 140 valence electrons. The zero-order valence-electron chi connectivity index (χ0n) is 15.5. The first-order valence-corrected chi connectivity index (χ1v) is 10.2. The summed E-state index contributed by atoms with van der Waals surface area (Å²) in [6.45, 7) is 7.83. The number of benzene rings is 2. The number of carbonyl (C=O) groups is 2. The van der Waals surface area contributed by atoms with Crippen LogP contribution in [0.25, 0.3) is 5.57 Å². The van der Waals surface area contributed by atoms with Gasteiger partial charge in [0.15, 0.2) is 0 Å². The zero-order chi connectivity index (χ0) is 19.9. The number of rotatable bonds is 4. The van der Waals surface area contributed by atoms with Gasteiger partial charge in [0.25, 0.3) is 11.8 Å². The van der Waals surface area contributed by atoms with E-state index in [2.05, 4.69) is 0 Å². The predicted molar refractivity (Wildman–Crippen MR) is 115 cm³/mol. The molecule has 3 nitrogen and oxygen atoms in total. The first kappa shape index (κ1) is 20.0. The van der Waals surface area contributed by atoms with E-state index in [4.69, 9.17) is 23.2 Å². The largest absolute Gasteiger partial charge is 0.272 e. The molecule has 0 saturated carbocycles. The maximum atomic E-state index is 13.3. The predicted octanol–water partition coefficient (Wildman–Crippen LogP) is 6.04. The second-order valence-electron chi connectivity index (χ2n) is 6.73. The molecule has 2 aromatic carbocycles. The number of halogens is 2. The van der Waals surface area contributed by atoms with Crippen molar-refractivity contribution in [3.63, 3.8) is 0 Å². The van der Waals surface area contributed by atoms with E-state index in [0.717, 1.165) is 11.1 Å². The molecule has 0 spiro atoms. The lowest BCUT2D eigenvalue weighted by atomic mass is 10.1. The van der Waals surface area contributed by atoms with Gasteiger partial charge >= 0.3 is 0 Å². The zero-order valence-corrected chi connectivity index (χ0v) is 17.8. The quantitative estimate of drug-likeness (QED) is 0.567. The van der Waals surface area contributed by atoms with Crippen molar-refractivity contribution in [3.05, 3.63) is 68.0 Å². The molecule has 2 aromatic rings. The van der Waals surface area contributed by atoms with Crippen LogP contribution >= 0.6 is 35.0 Å². The molecule has 0 N–H and O–H groups in total. The van der Waals surface area contributed by atoms with Gasteiger partial charge in [-0.25, -0.2) is 4.90 Å². The van der Waals surface area contributed by atoms with E-state index in [1.54, 1.807) is 18.2 Å². The summed E-state index contributed by atoms with van der Waals surface area (Å²) >= 11 is 13.7. The summed E-state index contributed by atoms with van der Waals surface area (Å²) in [7, 11) is 0. The van der Waals surface area contributed by atoms with Gasteiger partial charge in [0.05, 0.1) is 21.2 Å². The topological polar surface area (TPSA) is 37.4 Å². The Kier molecular flexibility index (Phi) is 5.71. The summed E-state index contributed by atoms with van der Waals surface area (Å²) in [5.41, 5.74) is 3.39. The molecular formula is C21H19Cl2NO2S. The van der Waals surface area contributed by atoms with Gasteiger partial charge in [-0.15, -0.1) is 11.8 Å². The first-order valence-electron chi connectivity index (χ1n) is 8.53. The van der Waals surface area contributed by atoms with Crippen LogP contribution < -0.4 is 4.90 Å². The van der Waals surface area contributed by atoms with Crippen molar-refractivity contribution >= 4 is 58.0 Å².